The largest absolute Gasteiger partial charge is 0.284 e. The van der Waals surface area contributed by atoms with Crippen LogP contribution in [-0.2, 0) is 14.9 Å². The number of nitrogens with zero attached hydrogens (tertiary/aromatic N) is 2. The highest BCUT2D eigenvalue weighted by molar-refractivity contribution is 7.89. The lowest BCUT2D eigenvalue weighted by Gasteiger charge is -2.23. The second-order valence-corrected chi connectivity index (χ2v) is 4.34. The van der Waals surface area contributed by atoms with Gasteiger partial charge in [0.2, 0.25) is 10.0 Å². The van der Waals surface area contributed by atoms with Crippen molar-refractivity contribution in [1.29, 1.82) is 5.26 Å². The zero-order valence-electron chi connectivity index (χ0n) is 6.56. The Hall–Kier alpha value is -0.640. The molecule has 0 bridgehead atoms. The molecular formula is C6H10N2O3S. The van der Waals surface area contributed by atoms with Crippen molar-refractivity contribution < 1.29 is 13.3 Å². The lowest BCUT2D eigenvalue weighted by molar-refractivity contribution is -0.108. The second kappa shape index (κ2) is 3.85. The number of nitriles is 1. The van der Waals surface area contributed by atoms with Gasteiger partial charge in [-0.3, -0.25) is 4.84 Å². The summed E-state index contributed by atoms with van der Waals surface area (Å²) >= 11 is 0. The molecule has 6 heteroatoms. The van der Waals surface area contributed by atoms with E-state index in [1.54, 1.807) is 6.07 Å². The van der Waals surface area contributed by atoms with E-state index in [0.29, 0.717) is 13.2 Å². The molecule has 1 heterocycles. The third kappa shape index (κ3) is 2.17. The van der Waals surface area contributed by atoms with E-state index in [0.717, 1.165) is 17.3 Å². The molecule has 0 spiro atoms. The van der Waals surface area contributed by atoms with Crippen LogP contribution in [0.4, 0.5) is 0 Å². The van der Waals surface area contributed by atoms with Crippen molar-refractivity contribution in [3.05, 3.63) is 0 Å². The summed E-state index contributed by atoms with van der Waals surface area (Å²) < 4.78 is 23.2. The zero-order chi connectivity index (χ0) is 9.03. The Kier molecular flexibility index (Phi) is 3.03. The van der Waals surface area contributed by atoms with Crippen molar-refractivity contribution in [3.8, 4) is 6.07 Å². The summed E-state index contributed by atoms with van der Waals surface area (Å²) in [7, 11) is -3.48. The van der Waals surface area contributed by atoms with E-state index < -0.39 is 15.8 Å². The maximum atomic E-state index is 11.2. The molecule has 1 rings (SSSR count). The molecular weight excluding hydrogens is 180 g/mol. The van der Waals surface area contributed by atoms with Gasteiger partial charge in [0.25, 0.3) is 0 Å². The molecule has 5 nitrogen and oxygen atoms in total. The minimum absolute atomic E-state index is 0.365. The molecule has 0 amide bonds. The summed E-state index contributed by atoms with van der Waals surface area (Å²) in [6.45, 7) is 0.786. The van der Waals surface area contributed by atoms with Crippen molar-refractivity contribution in [1.82, 2.24) is 4.47 Å². The fourth-order valence-corrected chi connectivity index (χ4v) is 1.90. The fraction of sp³-hybridized carbons (Fsp3) is 0.833. The van der Waals surface area contributed by atoms with Crippen LogP contribution in [0.3, 0.4) is 0 Å². The molecule has 1 aliphatic rings. The summed E-state index contributed by atoms with van der Waals surface area (Å²) in [5, 5.41) is 8.22. The van der Waals surface area contributed by atoms with Crippen molar-refractivity contribution in [2.24, 2.45) is 0 Å². The first-order valence-electron chi connectivity index (χ1n) is 3.67. The smallest absolute Gasteiger partial charge is 0.249 e. The minimum Gasteiger partial charge on any atom is -0.284 e. The Bertz CT molecular complexity index is 274. The van der Waals surface area contributed by atoms with Gasteiger partial charge < -0.3 is 0 Å². The first-order chi connectivity index (χ1) is 5.67. The number of sulfonamides is 1. The molecule has 0 aromatic rings. The molecule has 0 unspecified atom stereocenters. The highest BCUT2D eigenvalue weighted by Crippen LogP contribution is 2.10. The molecule has 0 radical (unpaired) electrons. The monoisotopic (exact) mass is 190 g/mol. The average molecular weight is 190 g/mol. The maximum absolute atomic E-state index is 11.2. The quantitative estimate of drug-likeness (QED) is 0.608. The van der Waals surface area contributed by atoms with Crippen LogP contribution in [0.1, 0.15) is 12.8 Å². The summed E-state index contributed by atoms with van der Waals surface area (Å²) in [6.07, 6.45) is 1.67. The first-order valence-corrected chi connectivity index (χ1v) is 5.28. The van der Waals surface area contributed by atoms with Crippen LogP contribution < -0.4 is 0 Å². The van der Waals surface area contributed by atoms with Gasteiger partial charge in [-0.2, -0.15) is 5.26 Å². The fourth-order valence-electron chi connectivity index (χ4n) is 0.947. The Morgan fingerprint density at radius 1 is 1.50 bits per heavy atom. The molecule has 0 saturated carbocycles. The van der Waals surface area contributed by atoms with Crippen LogP contribution in [-0.4, -0.2) is 31.8 Å². The van der Waals surface area contributed by atoms with Gasteiger partial charge in [0, 0.05) is 6.54 Å². The van der Waals surface area contributed by atoms with Gasteiger partial charge >= 0.3 is 0 Å². The van der Waals surface area contributed by atoms with Crippen LogP contribution >= 0.6 is 0 Å². The van der Waals surface area contributed by atoms with Crippen LogP contribution in [0.2, 0.25) is 0 Å². The van der Waals surface area contributed by atoms with E-state index in [-0.39, 0.29) is 0 Å². The maximum Gasteiger partial charge on any atom is 0.249 e. The number of hydrogen-bond acceptors (Lipinski definition) is 4. The molecule has 0 aromatic carbocycles. The van der Waals surface area contributed by atoms with Crippen LogP contribution in [0.25, 0.3) is 0 Å². The van der Waals surface area contributed by atoms with Crippen molar-refractivity contribution >= 4 is 10.0 Å². The topological polar surface area (TPSA) is 70.4 Å². The Labute approximate surface area is 71.5 Å². The van der Waals surface area contributed by atoms with Gasteiger partial charge in [-0.25, -0.2) is 8.42 Å². The zero-order valence-corrected chi connectivity index (χ0v) is 7.38. The van der Waals surface area contributed by atoms with Gasteiger partial charge in [0.05, 0.1) is 12.7 Å². The molecule has 1 fully saturated rings. The predicted molar refractivity (Wildman–Crippen MR) is 41.3 cm³/mol. The lowest BCUT2D eigenvalue weighted by atomic mass is 10.3. The third-order valence-electron chi connectivity index (χ3n) is 1.53. The Morgan fingerprint density at radius 3 is 2.75 bits per heavy atom. The van der Waals surface area contributed by atoms with E-state index in [1.807, 2.05) is 0 Å². The van der Waals surface area contributed by atoms with Crippen molar-refractivity contribution in [3.63, 3.8) is 0 Å². The lowest BCUT2D eigenvalue weighted by Crippen LogP contribution is -2.36. The van der Waals surface area contributed by atoms with Crippen LogP contribution in [0.5, 0.6) is 0 Å². The summed E-state index contributed by atoms with van der Waals surface area (Å²) in [5.74, 6) is -0.507. The average Bonchev–Trinajstić information content (AvgIpc) is 2.06. The molecule has 12 heavy (non-hydrogen) atoms. The summed E-state index contributed by atoms with van der Waals surface area (Å²) in [6, 6.07) is 1.60. The van der Waals surface area contributed by atoms with Crippen molar-refractivity contribution in [2.45, 2.75) is 12.8 Å². The SMILES string of the molecule is N#CCS(=O)(=O)N1CCCCO1. The highest BCUT2D eigenvalue weighted by atomic mass is 32.2. The van der Waals surface area contributed by atoms with E-state index in [9.17, 15) is 8.42 Å². The Balaban J connectivity index is 2.62. The summed E-state index contributed by atoms with van der Waals surface area (Å²) in [5.41, 5.74) is 0. The van der Waals surface area contributed by atoms with E-state index in [1.165, 1.54) is 0 Å². The summed E-state index contributed by atoms with van der Waals surface area (Å²) in [4.78, 5) is 4.89. The standard InChI is InChI=1S/C6H10N2O3S/c7-3-6-12(9,10)8-4-1-2-5-11-8/h1-2,4-6H2. The van der Waals surface area contributed by atoms with Crippen molar-refractivity contribution in [2.75, 3.05) is 18.9 Å². The first kappa shape index (κ1) is 9.45. The Morgan fingerprint density at radius 2 is 2.25 bits per heavy atom. The van der Waals surface area contributed by atoms with Gasteiger partial charge in [-0.15, -0.1) is 0 Å². The molecule has 68 valence electrons. The molecule has 0 N–H and O–H groups in total. The van der Waals surface area contributed by atoms with E-state index >= 15 is 0 Å². The number of hydroxylamine groups is 1. The second-order valence-electron chi connectivity index (χ2n) is 2.48. The molecule has 0 aliphatic carbocycles. The van der Waals surface area contributed by atoms with Gasteiger partial charge in [0.15, 0.2) is 5.75 Å². The molecule has 0 atom stereocenters. The van der Waals surface area contributed by atoms with Gasteiger partial charge in [-0.1, -0.05) is 4.47 Å². The minimum atomic E-state index is -3.48. The van der Waals surface area contributed by atoms with Crippen LogP contribution in [0.15, 0.2) is 0 Å². The molecule has 1 aliphatic heterocycles. The predicted octanol–water partition coefficient (Wildman–Crippen LogP) is -0.133. The third-order valence-corrected chi connectivity index (χ3v) is 2.93. The normalized spacial score (nSPS) is 20.2. The van der Waals surface area contributed by atoms with Gasteiger partial charge in [-0.05, 0) is 12.8 Å². The number of hydrogen-bond donors (Lipinski definition) is 0. The highest BCUT2D eigenvalue weighted by Gasteiger charge is 2.24. The molecule has 0 aromatic heterocycles. The number of rotatable bonds is 2. The van der Waals surface area contributed by atoms with Crippen LogP contribution in [0, 0.1) is 11.3 Å². The molecule has 1 saturated heterocycles. The van der Waals surface area contributed by atoms with E-state index in [4.69, 9.17) is 10.1 Å². The van der Waals surface area contributed by atoms with Gasteiger partial charge in [0.1, 0.15) is 0 Å². The van der Waals surface area contributed by atoms with E-state index in [2.05, 4.69) is 0 Å².